The molecule has 110 valence electrons. The van der Waals surface area contributed by atoms with Crippen LogP contribution in [0.2, 0.25) is 0 Å². The van der Waals surface area contributed by atoms with Crippen molar-refractivity contribution in [3.63, 3.8) is 0 Å². The van der Waals surface area contributed by atoms with Crippen molar-refractivity contribution >= 4 is 5.97 Å². The zero-order valence-corrected chi connectivity index (χ0v) is 12.2. The van der Waals surface area contributed by atoms with Gasteiger partial charge in [-0.2, -0.15) is 0 Å². The Labute approximate surface area is 120 Å². The average molecular weight is 277 g/mol. The lowest BCUT2D eigenvalue weighted by Crippen LogP contribution is -2.44. The molecule has 1 atom stereocenters. The first-order valence-corrected chi connectivity index (χ1v) is 7.13. The largest absolute Gasteiger partial charge is 0.478 e. The maximum atomic E-state index is 11.0. The van der Waals surface area contributed by atoms with E-state index in [1.807, 2.05) is 19.9 Å². The van der Waals surface area contributed by atoms with E-state index in [2.05, 4.69) is 4.90 Å². The van der Waals surface area contributed by atoms with Crippen LogP contribution in [0.15, 0.2) is 24.3 Å². The Balaban J connectivity index is 2.03. The van der Waals surface area contributed by atoms with Gasteiger partial charge in [-0.3, -0.25) is 4.90 Å². The number of carboxylic acids is 1. The molecule has 2 N–H and O–H groups in total. The number of hydrogen-bond acceptors (Lipinski definition) is 3. The molecule has 0 aromatic heterocycles. The number of carboxylic acid groups (broad SMARTS) is 1. The molecule has 1 aromatic rings. The molecule has 1 heterocycles. The molecular formula is C16H23NO3. The molecule has 0 bridgehead atoms. The first-order valence-electron chi connectivity index (χ1n) is 7.13. The Morgan fingerprint density at radius 1 is 1.45 bits per heavy atom. The van der Waals surface area contributed by atoms with E-state index in [1.54, 1.807) is 18.2 Å². The van der Waals surface area contributed by atoms with Gasteiger partial charge in [-0.15, -0.1) is 0 Å². The van der Waals surface area contributed by atoms with Gasteiger partial charge in [0.1, 0.15) is 0 Å². The third kappa shape index (κ3) is 3.81. The summed E-state index contributed by atoms with van der Waals surface area (Å²) >= 11 is 0. The minimum atomic E-state index is -0.889. The predicted molar refractivity (Wildman–Crippen MR) is 77.7 cm³/mol. The molecule has 1 aromatic carbocycles. The topological polar surface area (TPSA) is 60.8 Å². The van der Waals surface area contributed by atoms with Crippen molar-refractivity contribution < 1.29 is 15.0 Å². The molecule has 0 amide bonds. The van der Waals surface area contributed by atoms with Gasteiger partial charge in [-0.1, -0.05) is 12.1 Å². The standard InChI is InChI=1S/C16H23NO3/c1-16(2,20)14-7-4-8-17(11-14)10-12-5-3-6-13(9-12)15(18)19/h3,5-6,9,14,20H,4,7-8,10-11H2,1-2H3,(H,18,19)/t14-/m0/s1. The van der Waals surface area contributed by atoms with Gasteiger partial charge in [0.25, 0.3) is 0 Å². The summed E-state index contributed by atoms with van der Waals surface area (Å²) in [6.07, 6.45) is 2.13. The summed E-state index contributed by atoms with van der Waals surface area (Å²) in [5.74, 6) is -0.612. The summed E-state index contributed by atoms with van der Waals surface area (Å²) in [7, 11) is 0. The summed E-state index contributed by atoms with van der Waals surface area (Å²) in [5, 5.41) is 19.2. The number of likely N-dealkylation sites (tertiary alicyclic amines) is 1. The van der Waals surface area contributed by atoms with E-state index < -0.39 is 11.6 Å². The van der Waals surface area contributed by atoms with Gasteiger partial charge >= 0.3 is 5.97 Å². The smallest absolute Gasteiger partial charge is 0.335 e. The normalized spacial score (nSPS) is 20.9. The lowest BCUT2D eigenvalue weighted by Gasteiger charge is -2.38. The lowest BCUT2D eigenvalue weighted by molar-refractivity contribution is -0.0198. The predicted octanol–water partition coefficient (Wildman–Crippen LogP) is 2.37. The van der Waals surface area contributed by atoms with Crippen molar-refractivity contribution in [3.05, 3.63) is 35.4 Å². The summed E-state index contributed by atoms with van der Waals surface area (Å²) in [5.41, 5.74) is 0.696. The van der Waals surface area contributed by atoms with E-state index in [0.29, 0.717) is 5.56 Å². The number of nitrogens with zero attached hydrogens (tertiary/aromatic N) is 1. The van der Waals surface area contributed by atoms with Gasteiger partial charge in [0.15, 0.2) is 0 Å². The van der Waals surface area contributed by atoms with Crippen LogP contribution in [0.5, 0.6) is 0 Å². The Morgan fingerprint density at radius 3 is 2.85 bits per heavy atom. The van der Waals surface area contributed by atoms with Crippen LogP contribution in [0.4, 0.5) is 0 Å². The summed E-state index contributed by atoms with van der Waals surface area (Å²) in [6, 6.07) is 7.09. The number of benzene rings is 1. The van der Waals surface area contributed by atoms with Gasteiger partial charge in [0, 0.05) is 13.1 Å². The molecule has 1 aliphatic heterocycles. The van der Waals surface area contributed by atoms with Crippen molar-refractivity contribution in [1.29, 1.82) is 0 Å². The van der Waals surface area contributed by atoms with Crippen LogP contribution >= 0.6 is 0 Å². The van der Waals surface area contributed by atoms with Gasteiger partial charge in [-0.25, -0.2) is 4.79 Å². The van der Waals surface area contributed by atoms with Crippen molar-refractivity contribution in [3.8, 4) is 0 Å². The molecule has 2 rings (SSSR count). The molecule has 1 saturated heterocycles. The highest BCUT2D eigenvalue weighted by molar-refractivity contribution is 5.87. The molecule has 4 heteroatoms. The maximum Gasteiger partial charge on any atom is 0.335 e. The zero-order valence-electron chi connectivity index (χ0n) is 12.2. The van der Waals surface area contributed by atoms with E-state index in [4.69, 9.17) is 5.11 Å². The Hall–Kier alpha value is -1.39. The second-order valence-corrected chi connectivity index (χ2v) is 6.23. The number of carbonyl (C=O) groups is 1. The molecule has 0 saturated carbocycles. The first-order chi connectivity index (χ1) is 9.36. The number of aliphatic hydroxyl groups is 1. The van der Waals surface area contributed by atoms with Crippen molar-refractivity contribution in [2.75, 3.05) is 13.1 Å². The highest BCUT2D eigenvalue weighted by atomic mass is 16.4. The summed E-state index contributed by atoms with van der Waals surface area (Å²) in [4.78, 5) is 13.3. The third-order valence-electron chi connectivity index (χ3n) is 4.08. The molecule has 0 spiro atoms. The van der Waals surface area contributed by atoms with Crippen LogP contribution in [-0.2, 0) is 6.54 Å². The van der Waals surface area contributed by atoms with E-state index >= 15 is 0 Å². The molecule has 0 unspecified atom stereocenters. The minimum Gasteiger partial charge on any atom is -0.478 e. The van der Waals surface area contributed by atoms with Crippen LogP contribution in [0, 0.1) is 5.92 Å². The summed E-state index contributed by atoms with van der Waals surface area (Å²) < 4.78 is 0. The van der Waals surface area contributed by atoms with E-state index in [-0.39, 0.29) is 5.92 Å². The number of hydrogen-bond donors (Lipinski definition) is 2. The van der Waals surface area contributed by atoms with Crippen LogP contribution in [0.25, 0.3) is 0 Å². The highest BCUT2D eigenvalue weighted by Crippen LogP contribution is 2.27. The Bertz CT molecular complexity index is 479. The van der Waals surface area contributed by atoms with Gasteiger partial charge in [0.2, 0.25) is 0 Å². The fourth-order valence-corrected chi connectivity index (χ4v) is 2.84. The second-order valence-electron chi connectivity index (χ2n) is 6.23. The molecular weight excluding hydrogens is 254 g/mol. The second kappa shape index (κ2) is 5.94. The minimum absolute atomic E-state index is 0.277. The fourth-order valence-electron chi connectivity index (χ4n) is 2.84. The average Bonchev–Trinajstić information content (AvgIpc) is 2.38. The maximum absolute atomic E-state index is 11.0. The molecule has 1 fully saturated rings. The van der Waals surface area contributed by atoms with E-state index in [9.17, 15) is 9.90 Å². The van der Waals surface area contributed by atoms with Gasteiger partial charge < -0.3 is 10.2 Å². The van der Waals surface area contributed by atoms with E-state index in [1.165, 1.54) is 0 Å². The Kier molecular flexibility index (Phi) is 4.45. The highest BCUT2D eigenvalue weighted by Gasteiger charge is 2.31. The monoisotopic (exact) mass is 277 g/mol. The number of piperidine rings is 1. The molecule has 0 radical (unpaired) electrons. The zero-order chi connectivity index (χ0) is 14.8. The van der Waals surface area contributed by atoms with E-state index in [0.717, 1.165) is 38.0 Å². The molecule has 4 nitrogen and oxygen atoms in total. The lowest BCUT2D eigenvalue weighted by atomic mass is 9.84. The molecule has 0 aliphatic carbocycles. The van der Waals surface area contributed by atoms with Crippen LogP contribution < -0.4 is 0 Å². The quantitative estimate of drug-likeness (QED) is 0.887. The number of aromatic carboxylic acids is 1. The SMILES string of the molecule is CC(C)(O)[C@H]1CCCN(Cc2cccc(C(=O)O)c2)C1. The molecule has 1 aliphatic rings. The van der Waals surface area contributed by atoms with Crippen LogP contribution in [0.1, 0.15) is 42.6 Å². The Morgan fingerprint density at radius 2 is 2.20 bits per heavy atom. The summed E-state index contributed by atoms with van der Waals surface area (Å²) in [6.45, 7) is 6.34. The van der Waals surface area contributed by atoms with Crippen molar-refractivity contribution in [1.82, 2.24) is 4.90 Å². The number of rotatable bonds is 4. The first kappa shape index (κ1) is 15.0. The van der Waals surface area contributed by atoms with Gasteiger partial charge in [-0.05, 0) is 56.8 Å². The van der Waals surface area contributed by atoms with Gasteiger partial charge in [0.05, 0.1) is 11.2 Å². The molecule has 20 heavy (non-hydrogen) atoms. The fraction of sp³-hybridized carbons (Fsp3) is 0.562. The van der Waals surface area contributed by atoms with Crippen molar-refractivity contribution in [2.24, 2.45) is 5.92 Å². The van der Waals surface area contributed by atoms with Crippen molar-refractivity contribution in [2.45, 2.75) is 38.8 Å². The van der Waals surface area contributed by atoms with Crippen LogP contribution in [-0.4, -0.2) is 39.8 Å². The van der Waals surface area contributed by atoms with Crippen LogP contribution in [0.3, 0.4) is 0 Å². The third-order valence-corrected chi connectivity index (χ3v) is 4.08.